The van der Waals surface area contributed by atoms with Crippen LogP contribution in [0.25, 0.3) is 0 Å². The highest BCUT2D eigenvalue weighted by Gasteiger charge is 2.17. The van der Waals surface area contributed by atoms with Gasteiger partial charge in [-0.2, -0.15) is 5.26 Å². The molecule has 3 nitrogen and oxygen atoms in total. The number of hydrogen-bond donors (Lipinski definition) is 1. The summed E-state index contributed by atoms with van der Waals surface area (Å²) in [6.45, 7) is 0. The van der Waals surface area contributed by atoms with Crippen LogP contribution in [0, 0.1) is 11.3 Å². The summed E-state index contributed by atoms with van der Waals surface area (Å²) in [5.41, 5.74) is 1.65. The number of nitrogens with zero attached hydrogens (tertiary/aromatic N) is 1. The van der Waals surface area contributed by atoms with Gasteiger partial charge in [-0.3, -0.25) is 4.21 Å². The zero-order valence-corrected chi connectivity index (χ0v) is 9.80. The Morgan fingerprint density at radius 2 is 2.12 bits per heavy atom. The minimum atomic E-state index is -0.617. The van der Waals surface area contributed by atoms with Gasteiger partial charge in [-0.25, -0.2) is 0 Å². The van der Waals surface area contributed by atoms with Crippen molar-refractivity contribution < 1.29 is 4.21 Å². The van der Waals surface area contributed by atoms with Gasteiger partial charge < -0.3 is 5.32 Å². The van der Waals surface area contributed by atoms with E-state index in [0.717, 1.165) is 30.0 Å². The summed E-state index contributed by atoms with van der Waals surface area (Å²) < 4.78 is 11.2. The molecule has 0 spiro atoms. The zero-order chi connectivity index (χ0) is 11.4. The molecule has 1 aromatic carbocycles. The van der Waals surface area contributed by atoms with Crippen LogP contribution in [0.5, 0.6) is 0 Å². The number of rotatable bonds is 2. The maximum atomic E-state index is 11.2. The first-order chi connectivity index (χ1) is 7.78. The first-order valence-corrected chi connectivity index (χ1v) is 6.88. The van der Waals surface area contributed by atoms with Crippen LogP contribution in [0.3, 0.4) is 0 Å². The highest BCUT2D eigenvalue weighted by atomic mass is 32.2. The van der Waals surface area contributed by atoms with Gasteiger partial charge in [-0.15, -0.1) is 0 Å². The van der Waals surface area contributed by atoms with Gasteiger partial charge in [0.15, 0.2) is 0 Å². The Morgan fingerprint density at radius 1 is 1.38 bits per heavy atom. The lowest BCUT2D eigenvalue weighted by Gasteiger charge is -2.23. The van der Waals surface area contributed by atoms with Crippen molar-refractivity contribution in [2.75, 3.05) is 16.8 Å². The predicted molar refractivity (Wildman–Crippen MR) is 65.7 cm³/mol. The van der Waals surface area contributed by atoms with Crippen LogP contribution in [-0.4, -0.2) is 21.8 Å². The number of nitrogens with one attached hydrogen (secondary N) is 1. The quantitative estimate of drug-likeness (QED) is 0.850. The maximum absolute atomic E-state index is 11.2. The van der Waals surface area contributed by atoms with Crippen molar-refractivity contribution in [1.82, 2.24) is 0 Å². The van der Waals surface area contributed by atoms with E-state index in [9.17, 15) is 4.21 Å². The Hall–Kier alpha value is -1.34. The van der Waals surface area contributed by atoms with Crippen LogP contribution in [0.15, 0.2) is 24.3 Å². The summed E-state index contributed by atoms with van der Waals surface area (Å²) in [5, 5.41) is 12.2. The van der Waals surface area contributed by atoms with Gasteiger partial charge in [0.25, 0.3) is 0 Å². The molecule has 1 saturated heterocycles. The number of nitriles is 1. The molecule has 0 saturated carbocycles. The average Bonchev–Trinajstić information content (AvgIpc) is 2.32. The molecular formula is C12H14N2OS. The molecule has 0 atom stereocenters. The summed E-state index contributed by atoms with van der Waals surface area (Å²) in [4.78, 5) is 0. The highest BCUT2D eigenvalue weighted by molar-refractivity contribution is 7.85. The van der Waals surface area contributed by atoms with Crippen molar-refractivity contribution in [1.29, 1.82) is 5.26 Å². The highest BCUT2D eigenvalue weighted by Crippen LogP contribution is 2.17. The van der Waals surface area contributed by atoms with Crippen molar-refractivity contribution in [2.24, 2.45) is 0 Å². The maximum Gasteiger partial charge on any atom is 0.0992 e. The third kappa shape index (κ3) is 2.83. The lowest BCUT2D eigenvalue weighted by atomic mass is 10.1. The second kappa shape index (κ2) is 5.13. The van der Waals surface area contributed by atoms with Gasteiger partial charge in [0.1, 0.15) is 0 Å². The van der Waals surface area contributed by atoms with E-state index < -0.39 is 10.8 Å². The van der Waals surface area contributed by atoms with Crippen LogP contribution in [-0.2, 0) is 10.8 Å². The molecule has 0 aliphatic carbocycles. The van der Waals surface area contributed by atoms with E-state index in [2.05, 4.69) is 11.4 Å². The number of benzene rings is 1. The minimum Gasteiger partial charge on any atom is -0.382 e. The number of anilines is 1. The monoisotopic (exact) mass is 234 g/mol. The van der Waals surface area contributed by atoms with Crippen molar-refractivity contribution in [3.63, 3.8) is 0 Å². The van der Waals surface area contributed by atoms with E-state index in [-0.39, 0.29) is 0 Å². The van der Waals surface area contributed by atoms with Gasteiger partial charge in [-0.05, 0) is 31.0 Å². The van der Waals surface area contributed by atoms with E-state index in [1.165, 1.54) is 0 Å². The molecule has 1 aliphatic rings. The Kier molecular flexibility index (Phi) is 3.58. The molecule has 0 bridgehead atoms. The lowest BCUT2D eigenvalue weighted by molar-refractivity contribution is 0.624. The fourth-order valence-corrected chi connectivity index (χ4v) is 3.15. The third-order valence-electron chi connectivity index (χ3n) is 2.75. The second-order valence-electron chi connectivity index (χ2n) is 3.96. The first-order valence-electron chi connectivity index (χ1n) is 5.39. The van der Waals surface area contributed by atoms with E-state index in [4.69, 9.17) is 5.26 Å². The molecule has 2 rings (SSSR count). The predicted octanol–water partition coefficient (Wildman–Crippen LogP) is 1.88. The SMILES string of the molecule is N#Cc1cccc(NC2CCS(=O)CC2)c1. The van der Waals surface area contributed by atoms with Crippen LogP contribution < -0.4 is 5.32 Å². The summed E-state index contributed by atoms with van der Waals surface area (Å²) in [7, 11) is -0.617. The summed E-state index contributed by atoms with van der Waals surface area (Å²) in [5.74, 6) is 1.57. The Balaban J connectivity index is 1.98. The fourth-order valence-electron chi connectivity index (χ4n) is 1.85. The first kappa shape index (κ1) is 11.2. The smallest absolute Gasteiger partial charge is 0.0992 e. The molecule has 0 aromatic heterocycles. The van der Waals surface area contributed by atoms with Gasteiger partial charge in [0.05, 0.1) is 11.6 Å². The van der Waals surface area contributed by atoms with Gasteiger partial charge in [-0.1, -0.05) is 6.07 Å². The number of hydrogen-bond acceptors (Lipinski definition) is 3. The van der Waals surface area contributed by atoms with Crippen molar-refractivity contribution in [3.8, 4) is 6.07 Å². The van der Waals surface area contributed by atoms with E-state index >= 15 is 0 Å². The van der Waals surface area contributed by atoms with Gasteiger partial charge in [0, 0.05) is 34.0 Å². The van der Waals surface area contributed by atoms with Crippen LogP contribution >= 0.6 is 0 Å². The Labute approximate surface area is 97.9 Å². The molecule has 16 heavy (non-hydrogen) atoms. The van der Waals surface area contributed by atoms with Crippen LogP contribution in [0.2, 0.25) is 0 Å². The Morgan fingerprint density at radius 3 is 2.81 bits per heavy atom. The molecule has 0 radical (unpaired) electrons. The summed E-state index contributed by atoms with van der Waals surface area (Å²) in [6.07, 6.45) is 1.90. The van der Waals surface area contributed by atoms with Crippen molar-refractivity contribution >= 4 is 16.5 Å². The van der Waals surface area contributed by atoms with E-state index in [0.29, 0.717) is 11.6 Å². The Bertz CT molecular complexity index is 429. The van der Waals surface area contributed by atoms with E-state index in [1.807, 2.05) is 18.2 Å². The third-order valence-corrected chi connectivity index (χ3v) is 4.13. The van der Waals surface area contributed by atoms with Gasteiger partial charge >= 0.3 is 0 Å². The van der Waals surface area contributed by atoms with E-state index in [1.54, 1.807) is 6.07 Å². The normalized spacial score (nSPS) is 24.7. The van der Waals surface area contributed by atoms with Crippen molar-refractivity contribution in [2.45, 2.75) is 18.9 Å². The fraction of sp³-hybridized carbons (Fsp3) is 0.417. The molecule has 1 aliphatic heterocycles. The zero-order valence-electron chi connectivity index (χ0n) is 8.98. The summed E-state index contributed by atoms with van der Waals surface area (Å²) >= 11 is 0. The minimum absolute atomic E-state index is 0.395. The molecule has 84 valence electrons. The molecule has 4 heteroatoms. The van der Waals surface area contributed by atoms with Crippen LogP contribution in [0.1, 0.15) is 18.4 Å². The molecular weight excluding hydrogens is 220 g/mol. The summed E-state index contributed by atoms with van der Waals surface area (Å²) in [6, 6.07) is 10.0. The largest absolute Gasteiger partial charge is 0.382 e. The van der Waals surface area contributed by atoms with Crippen LogP contribution in [0.4, 0.5) is 5.69 Å². The molecule has 1 fully saturated rings. The second-order valence-corrected chi connectivity index (χ2v) is 5.66. The van der Waals surface area contributed by atoms with Crippen molar-refractivity contribution in [3.05, 3.63) is 29.8 Å². The lowest BCUT2D eigenvalue weighted by Crippen LogP contribution is -2.29. The average molecular weight is 234 g/mol. The molecule has 1 N–H and O–H groups in total. The molecule has 0 amide bonds. The van der Waals surface area contributed by atoms with Gasteiger partial charge in [0.2, 0.25) is 0 Å². The topological polar surface area (TPSA) is 52.9 Å². The molecule has 1 aromatic rings. The standard InChI is InChI=1S/C12H14N2OS/c13-9-10-2-1-3-12(8-10)14-11-4-6-16(15)7-5-11/h1-3,8,11,14H,4-7H2. The molecule has 1 heterocycles. The molecule has 0 unspecified atom stereocenters.